The first-order valence-corrected chi connectivity index (χ1v) is 6.32. The van der Waals surface area contributed by atoms with Crippen LogP contribution in [0.15, 0.2) is 18.2 Å². The van der Waals surface area contributed by atoms with Crippen molar-refractivity contribution in [3.8, 4) is 0 Å². The van der Waals surface area contributed by atoms with Crippen LogP contribution in [0.2, 0.25) is 0 Å². The molecule has 2 heteroatoms. The summed E-state index contributed by atoms with van der Waals surface area (Å²) < 4.78 is 5.81. The Hall–Kier alpha value is -0.530. The molecule has 1 aromatic rings. The first-order chi connectivity index (χ1) is 7.53. The fourth-order valence-corrected chi connectivity index (χ4v) is 2.86. The van der Waals surface area contributed by atoms with E-state index in [9.17, 15) is 0 Å². The van der Waals surface area contributed by atoms with E-state index in [1.807, 2.05) is 0 Å². The van der Waals surface area contributed by atoms with Gasteiger partial charge in [0.2, 0.25) is 0 Å². The summed E-state index contributed by atoms with van der Waals surface area (Å²) in [7, 11) is 0. The summed E-state index contributed by atoms with van der Waals surface area (Å²) in [6, 6.07) is 6.44. The molecule has 0 radical (unpaired) electrons. The van der Waals surface area contributed by atoms with Crippen LogP contribution in [-0.2, 0) is 4.74 Å². The lowest BCUT2D eigenvalue weighted by atomic mass is 9.90. The number of hydrogen-bond acceptors (Lipinski definition) is 1. The lowest BCUT2D eigenvalue weighted by Gasteiger charge is -2.30. The Labute approximate surface area is 103 Å². The van der Waals surface area contributed by atoms with Crippen molar-refractivity contribution in [2.45, 2.75) is 44.6 Å². The summed E-state index contributed by atoms with van der Waals surface area (Å²) in [4.78, 5) is 0. The van der Waals surface area contributed by atoms with E-state index in [0.29, 0.717) is 0 Å². The molecule has 88 valence electrons. The zero-order valence-electron chi connectivity index (χ0n) is 10.2. The van der Waals surface area contributed by atoms with Crippen LogP contribution in [0, 0.1) is 13.8 Å². The normalized spacial score (nSPS) is 27.0. The van der Waals surface area contributed by atoms with Gasteiger partial charge in [0.15, 0.2) is 0 Å². The minimum Gasteiger partial charge on any atom is -0.373 e. The summed E-state index contributed by atoms with van der Waals surface area (Å²) in [5, 5.41) is -0.0457. The van der Waals surface area contributed by atoms with Crippen LogP contribution in [0.25, 0.3) is 0 Å². The number of ether oxygens (including phenoxy) is 1. The highest BCUT2D eigenvalue weighted by Gasteiger charge is 2.38. The van der Waals surface area contributed by atoms with Gasteiger partial charge in [-0.15, -0.1) is 11.6 Å². The average molecular weight is 239 g/mol. The number of alkyl halides is 1. The van der Waals surface area contributed by atoms with Crippen molar-refractivity contribution in [3.05, 3.63) is 34.9 Å². The molecule has 2 rings (SSSR count). The molecule has 0 spiro atoms. The number of hydrogen-bond donors (Lipinski definition) is 0. The van der Waals surface area contributed by atoms with E-state index in [2.05, 4.69) is 39.0 Å². The third-order valence-corrected chi connectivity index (χ3v) is 4.18. The largest absolute Gasteiger partial charge is 0.373 e. The molecular formula is C14H19ClO. The molecule has 0 aliphatic carbocycles. The second-order valence-electron chi connectivity index (χ2n) is 4.99. The van der Waals surface area contributed by atoms with Crippen LogP contribution in [0.4, 0.5) is 0 Å². The molecular weight excluding hydrogens is 220 g/mol. The smallest absolute Gasteiger partial charge is 0.0875 e. The summed E-state index contributed by atoms with van der Waals surface area (Å²) in [6.07, 6.45) is 2.17. The summed E-state index contributed by atoms with van der Waals surface area (Å²) >= 11 is 6.59. The van der Waals surface area contributed by atoms with Crippen molar-refractivity contribution in [2.75, 3.05) is 6.61 Å². The molecule has 1 aromatic carbocycles. The minimum absolute atomic E-state index is 0.0457. The fraction of sp³-hybridized carbons (Fsp3) is 0.571. The zero-order valence-corrected chi connectivity index (χ0v) is 11.0. The second-order valence-corrected chi connectivity index (χ2v) is 5.42. The van der Waals surface area contributed by atoms with E-state index >= 15 is 0 Å². The number of rotatable bonds is 2. The van der Waals surface area contributed by atoms with Crippen LogP contribution >= 0.6 is 11.6 Å². The van der Waals surface area contributed by atoms with Gasteiger partial charge in [0.05, 0.1) is 11.0 Å². The van der Waals surface area contributed by atoms with E-state index in [1.54, 1.807) is 0 Å². The van der Waals surface area contributed by atoms with E-state index in [1.165, 1.54) is 16.7 Å². The van der Waals surface area contributed by atoms with Crippen molar-refractivity contribution in [3.63, 3.8) is 0 Å². The lowest BCUT2D eigenvalue weighted by molar-refractivity contribution is 0.0163. The van der Waals surface area contributed by atoms with Gasteiger partial charge in [-0.3, -0.25) is 0 Å². The monoisotopic (exact) mass is 238 g/mol. The van der Waals surface area contributed by atoms with Gasteiger partial charge in [-0.1, -0.05) is 23.8 Å². The molecule has 2 atom stereocenters. The van der Waals surface area contributed by atoms with Gasteiger partial charge in [-0.25, -0.2) is 0 Å². The first kappa shape index (κ1) is 11.9. The van der Waals surface area contributed by atoms with Crippen LogP contribution in [0.5, 0.6) is 0 Å². The van der Waals surface area contributed by atoms with Gasteiger partial charge < -0.3 is 4.74 Å². The molecule has 1 saturated heterocycles. The predicted octanol–water partition coefficient (Wildman–Crippen LogP) is 4.15. The molecule has 2 unspecified atom stereocenters. The molecule has 1 nitrogen and oxygen atoms in total. The summed E-state index contributed by atoms with van der Waals surface area (Å²) in [5.74, 6) is 0. The highest BCUT2D eigenvalue weighted by atomic mass is 35.5. The van der Waals surface area contributed by atoms with E-state index in [0.717, 1.165) is 19.4 Å². The Morgan fingerprint density at radius 2 is 2.12 bits per heavy atom. The van der Waals surface area contributed by atoms with E-state index in [4.69, 9.17) is 16.3 Å². The van der Waals surface area contributed by atoms with E-state index in [-0.39, 0.29) is 11.0 Å². The van der Waals surface area contributed by atoms with Gasteiger partial charge in [0, 0.05) is 6.61 Å². The SMILES string of the molecule is Cc1ccc(C(Cl)C2(C)CCCO2)c(C)c1. The standard InChI is InChI=1S/C14H19ClO/c1-10-5-6-12(11(2)9-10)13(15)14(3)7-4-8-16-14/h5-6,9,13H,4,7-8H2,1-3H3. The average Bonchev–Trinajstić information content (AvgIpc) is 2.66. The second kappa shape index (κ2) is 4.38. The Balaban J connectivity index is 2.29. The van der Waals surface area contributed by atoms with Crippen LogP contribution < -0.4 is 0 Å². The Kier molecular flexibility index (Phi) is 3.27. The van der Waals surface area contributed by atoms with Crippen molar-refractivity contribution in [1.29, 1.82) is 0 Å². The number of halogens is 1. The molecule has 0 bridgehead atoms. The first-order valence-electron chi connectivity index (χ1n) is 5.88. The molecule has 0 saturated carbocycles. The third kappa shape index (κ3) is 2.11. The Bertz CT molecular complexity index is 380. The molecule has 1 aliphatic heterocycles. The molecule has 0 aromatic heterocycles. The number of aryl methyl sites for hydroxylation is 2. The van der Waals surface area contributed by atoms with E-state index < -0.39 is 0 Å². The zero-order chi connectivity index (χ0) is 11.8. The Morgan fingerprint density at radius 3 is 2.69 bits per heavy atom. The van der Waals surface area contributed by atoms with Crippen molar-refractivity contribution in [2.24, 2.45) is 0 Å². The number of benzene rings is 1. The molecule has 0 N–H and O–H groups in total. The lowest BCUT2D eigenvalue weighted by Crippen LogP contribution is -2.29. The minimum atomic E-state index is -0.193. The molecule has 1 fully saturated rings. The van der Waals surface area contributed by atoms with Crippen molar-refractivity contribution < 1.29 is 4.74 Å². The van der Waals surface area contributed by atoms with Gasteiger partial charge in [0.25, 0.3) is 0 Å². The van der Waals surface area contributed by atoms with Crippen LogP contribution in [0.3, 0.4) is 0 Å². The van der Waals surface area contributed by atoms with Gasteiger partial charge >= 0.3 is 0 Å². The summed E-state index contributed by atoms with van der Waals surface area (Å²) in [6.45, 7) is 7.19. The third-order valence-electron chi connectivity index (χ3n) is 3.48. The van der Waals surface area contributed by atoms with Gasteiger partial charge in [-0.05, 0) is 44.7 Å². The maximum absolute atomic E-state index is 6.59. The Morgan fingerprint density at radius 1 is 1.38 bits per heavy atom. The maximum atomic E-state index is 6.59. The molecule has 16 heavy (non-hydrogen) atoms. The maximum Gasteiger partial charge on any atom is 0.0875 e. The topological polar surface area (TPSA) is 9.23 Å². The summed E-state index contributed by atoms with van der Waals surface area (Å²) in [5.41, 5.74) is 3.55. The van der Waals surface area contributed by atoms with Crippen molar-refractivity contribution in [1.82, 2.24) is 0 Å². The highest BCUT2D eigenvalue weighted by Crippen LogP contribution is 2.42. The molecule has 1 aliphatic rings. The van der Waals surface area contributed by atoms with Gasteiger partial charge in [0.1, 0.15) is 0 Å². The quantitative estimate of drug-likeness (QED) is 0.704. The molecule has 1 heterocycles. The highest BCUT2D eigenvalue weighted by molar-refractivity contribution is 6.21. The van der Waals surface area contributed by atoms with Crippen LogP contribution in [0.1, 0.15) is 41.8 Å². The predicted molar refractivity (Wildman–Crippen MR) is 68.1 cm³/mol. The van der Waals surface area contributed by atoms with Crippen LogP contribution in [-0.4, -0.2) is 12.2 Å². The fourth-order valence-electron chi connectivity index (χ4n) is 2.44. The van der Waals surface area contributed by atoms with Gasteiger partial charge in [-0.2, -0.15) is 0 Å². The van der Waals surface area contributed by atoms with Crippen molar-refractivity contribution >= 4 is 11.6 Å². The molecule has 0 amide bonds.